The van der Waals surface area contributed by atoms with E-state index in [4.69, 9.17) is 14.6 Å². The topological polar surface area (TPSA) is 60.7 Å². The zero-order chi connectivity index (χ0) is 12.6. The molecule has 1 N–H and O–H groups in total. The second kappa shape index (κ2) is 4.01. The Labute approximate surface area is 98.2 Å². The lowest BCUT2D eigenvalue weighted by Gasteiger charge is -2.06. The Hall–Kier alpha value is -2.17. The first-order valence-electron chi connectivity index (χ1n) is 5.03. The van der Waals surface area contributed by atoms with Crippen molar-refractivity contribution in [1.29, 1.82) is 0 Å². The predicted molar refractivity (Wildman–Crippen MR) is 63.0 cm³/mol. The first-order valence-corrected chi connectivity index (χ1v) is 5.03. The molecule has 0 radical (unpaired) electrons. The van der Waals surface area contributed by atoms with Crippen LogP contribution in [0.1, 0.15) is 10.5 Å². The van der Waals surface area contributed by atoms with E-state index in [1.165, 1.54) is 0 Å². The highest BCUT2D eigenvalue weighted by Gasteiger charge is 2.15. The number of aromatic nitrogens is 1. The van der Waals surface area contributed by atoms with Crippen LogP contribution in [0.15, 0.2) is 18.2 Å². The molecule has 1 aromatic carbocycles. The van der Waals surface area contributed by atoms with Gasteiger partial charge in [0, 0.05) is 24.6 Å². The van der Waals surface area contributed by atoms with Gasteiger partial charge in [0.2, 0.25) is 0 Å². The average molecular weight is 235 g/mol. The second-order valence-electron chi connectivity index (χ2n) is 3.66. The van der Waals surface area contributed by atoms with E-state index in [9.17, 15) is 4.79 Å². The smallest absolute Gasteiger partial charge is 0.352 e. The molecule has 0 saturated carbocycles. The first-order chi connectivity index (χ1) is 8.08. The van der Waals surface area contributed by atoms with Gasteiger partial charge in [-0.05, 0) is 6.07 Å². The van der Waals surface area contributed by atoms with Crippen LogP contribution in [0.5, 0.6) is 11.5 Å². The summed E-state index contributed by atoms with van der Waals surface area (Å²) in [6.45, 7) is 0. The molecule has 0 saturated heterocycles. The molecule has 2 rings (SSSR count). The fraction of sp³-hybridized carbons (Fsp3) is 0.250. The summed E-state index contributed by atoms with van der Waals surface area (Å²) in [5.41, 5.74) is 0.977. The lowest BCUT2D eigenvalue weighted by Crippen LogP contribution is -2.03. The molecule has 90 valence electrons. The van der Waals surface area contributed by atoms with Gasteiger partial charge in [0.1, 0.15) is 17.2 Å². The number of aryl methyl sites for hydroxylation is 1. The van der Waals surface area contributed by atoms with Crippen LogP contribution in [-0.4, -0.2) is 29.9 Å². The van der Waals surface area contributed by atoms with Crippen LogP contribution in [0.2, 0.25) is 0 Å². The summed E-state index contributed by atoms with van der Waals surface area (Å²) in [5, 5.41) is 9.82. The van der Waals surface area contributed by atoms with Gasteiger partial charge in [-0.3, -0.25) is 0 Å². The van der Waals surface area contributed by atoms with Crippen molar-refractivity contribution in [2.45, 2.75) is 0 Å². The summed E-state index contributed by atoms with van der Waals surface area (Å²) in [5.74, 6) is 0.264. The maximum absolute atomic E-state index is 11.1. The molecule has 0 aliphatic rings. The van der Waals surface area contributed by atoms with Gasteiger partial charge in [-0.15, -0.1) is 0 Å². The van der Waals surface area contributed by atoms with Crippen molar-refractivity contribution < 1.29 is 19.4 Å². The van der Waals surface area contributed by atoms with Crippen LogP contribution in [-0.2, 0) is 7.05 Å². The van der Waals surface area contributed by atoms with Gasteiger partial charge in [-0.25, -0.2) is 4.79 Å². The fourth-order valence-corrected chi connectivity index (χ4v) is 1.87. The highest BCUT2D eigenvalue weighted by molar-refractivity contribution is 5.97. The standard InChI is InChI=1S/C12H13NO4/c1-13-9-4-7(16-2)5-11(17-3)8(9)6-10(13)12(14)15/h4-6H,1-3H3,(H,14,15). The number of carboxylic acids is 1. The number of fused-ring (bicyclic) bond motifs is 1. The molecule has 0 unspecified atom stereocenters. The second-order valence-corrected chi connectivity index (χ2v) is 3.66. The summed E-state index contributed by atoms with van der Waals surface area (Å²) in [7, 11) is 4.80. The summed E-state index contributed by atoms with van der Waals surface area (Å²) in [6.07, 6.45) is 0. The van der Waals surface area contributed by atoms with Crippen molar-refractivity contribution in [3.63, 3.8) is 0 Å². The monoisotopic (exact) mass is 235 g/mol. The number of benzene rings is 1. The van der Waals surface area contributed by atoms with Gasteiger partial charge < -0.3 is 19.1 Å². The minimum Gasteiger partial charge on any atom is -0.497 e. The van der Waals surface area contributed by atoms with Crippen molar-refractivity contribution in [2.24, 2.45) is 7.05 Å². The van der Waals surface area contributed by atoms with E-state index >= 15 is 0 Å². The molecule has 0 fully saturated rings. The number of carboxylic acid groups (broad SMARTS) is 1. The Kier molecular flexibility index (Phi) is 2.67. The van der Waals surface area contributed by atoms with Gasteiger partial charge >= 0.3 is 5.97 Å². The Morgan fingerprint density at radius 2 is 1.94 bits per heavy atom. The van der Waals surface area contributed by atoms with E-state index in [0.717, 1.165) is 10.9 Å². The third-order valence-corrected chi connectivity index (χ3v) is 2.77. The van der Waals surface area contributed by atoms with Crippen molar-refractivity contribution in [3.8, 4) is 11.5 Å². The molecule has 5 nitrogen and oxygen atoms in total. The Balaban J connectivity index is 2.81. The molecule has 1 aromatic heterocycles. The zero-order valence-corrected chi connectivity index (χ0v) is 9.85. The molecule has 0 spiro atoms. The van der Waals surface area contributed by atoms with Crippen molar-refractivity contribution >= 4 is 16.9 Å². The average Bonchev–Trinajstić information content (AvgIpc) is 2.66. The van der Waals surface area contributed by atoms with E-state index in [-0.39, 0.29) is 5.69 Å². The Bertz CT molecular complexity index is 586. The van der Waals surface area contributed by atoms with Crippen molar-refractivity contribution in [1.82, 2.24) is 4.57 Å². The Morgan fingerprint density at radius 3 is 2.47 bits per heavy atom. The third-order valence-electron chi connectivity index (χ3n) is 2.77. The minimum atomic E-state index is -0.968. The summed E-state index contributed by atoms with van der Waals surface area (Å²) >= 11 is 0. The van der Waals surface area contributed by atoms with E-state index in [0.29, 0.717) is 11.5 Å². The number of rotatable bonds is 3. The summed E-state index contributed by atoms with van der Waals surface area (Å²) in [4.78, 5) is 11.1. The predicted octanol–water partition coefficient (Wildman–Crippen LogP) is 1.89. The lowest BCUT2D eigenvalue weighted by molar-refractivity contribution is 0.0687. The van der Waals surface area contributed by atoms with E-state index < -0.39 is 5.97 Å². The van der Waals surface area contributed by atoms with Gasteiger partial charge in [-0.1, -0.05) is 0 Å². The quantitative estimate of drug-likeness (QED) is 0.882. The first kappa shape index (κ1) is 11.3. The van der Waals surface area contributed by atoms with Crippen LogP contribution in [0, 0.1) is 0 Å². The normalized spacial score (nSPS) is 10.5. The summed E-state index contributed by atoms with van der Waals surface area (Å²) in [6, 6.07) is 5.11. The SMILES string of the molecule is COc1cc(OC)c2cc(C(=O)O)n(C)c2c1. The fourth-order valence-electron chi connectivity index (χ4n) is 1.87. The number of hydrogen-bond acceptors (Lipinski definition) is 3. The molecule has 0 atom stereocenters. The number of hydrogen-bond donors (Lipinski definition) is 1. The van der Waals surface area contributed by atoms with Gasteiger partial charge in [-0.2, -0.15) is 0 Å². The largest absolute Gasteiger partial charge is 0.497 e. The number of carbonyl (C=O) groups is 1. The number of ether oxygens (including phenoxy) is 2. The van der Waals surface area contributed by atoms with E-state index in [2.05, 4.69) is 0 Å². The van der Waals surface area contributed by atoms with Crippen LogP contribution in [0.25, 0.3) is 10.9 Å². The molecule has 1 heterocycles. The molecule has 2 aromatic rings. The summed E-state index contributed by atoms with van der Waals surface area (Å²) < 4.78 is 12.0. The van der Waals surface area contributed by atoms with Crippen molar-refractivity contribution in [2.75, 3.05) is 14.2 Å². The molecule has 5 heteroatoms. The lowest BCUT2D eigenvalue weighted by atomic mass is 10.2. The number of nitrogens with zero attached hydrogens (tertiary/aromatic N) is 1. The molecule has 17 heavy (non-hydrogen) atoms. The van der Waals surface area contributed by atoms with Crippen LogP contribution in [0.4, 0.5) is 0 Å². The number of aromatic carboxylic acids is 1. The molecular formula is C12H13NO4. The Morgan fingerprint density at radius 1 is 1.24 bits per heavy atom. The highest BCUT2D eigenvalue weighted by Crippen LogP contribution is 2.32. The zero-order valence-electron chi connectivity index (χ0n) is 9.85. The molecule has 0 aliphatic heterocycles. The van der Waals surface area contributed by atoms with Gasteiger partial charge in [0.25, 0.3) is 0 Å². The maximum atomic E-state index is 11.1. The van der Waals surface area contributed by atoms with E-state index in [1.807, 2.05) is 0 Å². The van der Waals surface area contributed by atoms with Gasteiger partial charge in [0.05, 0.1) is 19.7 Å². The van der Waals surface area contributed by atoms with Crippen molar-refractivity contribution in [3.05, 3.63) is 23.9 Å². The molecule has 0 aliphatic carbocycles. The molecule has 0 amide bonds. The van der Waals surface area contributed by atoms with Crippen LogP contribution < -0.4 is 9.47 Å². The van der Waals surface area contributed by atoms with E-state index in [1.54, 1.807) is 44.0 Å². The minimum absolute atomic E-state index is 0.214. The number of methoxy groups -OCH3 is 2. The van der Waals surface area contributed by atoms with Crippen LogP contribution in [0.3, 0.4) is 0 Å². The van der Waals surface area contributed by atoms with Gasteiger partial charge in [0.15, 0.2) is 0 Å². The van der Waals surface area contributed by atoms with Crippen LogP contribution >= 0.6 is 0 Å². The molecule has 0 bridgehead atoms. The third kappa shape index (κ3) is 1.69. The molecular weight excluding hydrogens is 222 g/mol. The maximum Gasteiger partial charge on any atom is 0.352 e. The highest BCUT2D eigenvalue weighted by atomic mass is 16.5.